The molecule has 5 nitrogen and oxygen atoms in total. The Morgan fingerprint density at radius 1 is 1.15 bits per heavy atom. The summed E-state index contributed by atoms with van der Waals surface area (Å²) in [6.07, 6.45) is -0.962. The van der Waals surface area contributed by atoms with Gasteiger partial charge in [-0.3, -0.25) is 0 Å². The van der Waals surface area contributed by atoms with E-state index in [2.05, 4.69) is 15.6 Å². The molecule has 142 valence electrons. The van der Waals surface area contributed by atoms with E-state index in [-0.39, 0.29) is 36.1 Å². The van der Waals surface area contributed by atoms with E-state index in [0.29, 0.717) is 19.0 Å². The van der Waals surface area contributed by atoms with Gasteiger partial charge in [0.25, 0.3) is 0 Å². The van der Waals surface area contributed by atoms with Gasteiger partial charge < -0.3 is 20.5 Å². The maximum absolute atomic E-state index is 13.7. The number of hydrogen-bond acceptors (Lipinski definition) is 3. The molecule has 1 unspecified atom stereocenters. The summed E-state index contributed by atoms with van der Waals surface area (Å²) in [6, 6.07) is 13.9. The molecule has 0 spiro atoms. The van der Waals surface area contributed by atoms with Crippen LogP contribution in [0.4, 0.5) is 4.39 Å². The van der Waals surface area contributed by atoms with Gasteiger partial charge in [-0.05, 0) is 19.1 Å². The van der Waals surface area contributed by atoms with Crippen LogP contribution in [0.5, 0.6) is 5.75 Å². The quantitative estimate of drug-likeness (QED) is 0.328. The molecule has 0 saturated carbocycles. The number of nitrogens with zero attached hydrogens (tertiary/aromatic N) is 1. The number of ether oxygens (including phenoxy) is 1. The lowest BCUT2D eigenvalue weighted by Crippen LogP contribution is -2.39. The van der Waals surface area contributed by atoms with Crippen molar-refractivity contribution in [2.45, 2.75) is 19.6 Å². The van der Waals surface area contributed by atoms with Crippen LogP contribution in [0.2, 0.25) is 0 Å². The predicted molar refractivity (Wildman–Crippen MR) is 113 cm³/mol. The fourth-order valence-electron chi connectivity index (χ4n) is 2.39. The summed E-state index contributed by atoms with van der Waals surface area (Å²) in [6.45, 7) is 3.20. The first kappa shape index (κ1) is 22.2. The average Bonchev–Trinajstić information content (AvgIpc) is 2.64. The second kappa shape index (κ2) is 11.7. The number of aliphatic hydroxyl groups is 1. The highest BCUT2D eigenvalue weighted by Gasteiger charge is 2.12. The van der Waals surface area contributed by atoms with Crippen molar-refractivity contribution < 1.29 is 14.2 Å². The fourth-order valence-corrected chi connectivity index (χ4v) is 2.39. The van der Waals surface area contributed by atoms with Gasteiger partial charge in [0.2, 0.25) is 0 Å². The summed E-state index contributed by atoms with van der Waals surface area (Å²) < 4.78 is 19.0. The van der Waals surface area contributed by atoms with E-state index < -0.39 is 11.9 Å². The molecule has 2 aromatic rings. The highest BCUT2D eigenvalue weighted by molar-refractivity contribution is 14.0. The fraction of sp³-hybridized carbons (Fsp3) is 0.316. The Bertz CT molecular complexity index is 713. The van der Waals surface area contributed by atoms with Crippen molar-refractivity contribution >= 4 is 29.9 Å². The van der Waals surface area contributed by atoms with Gasteiger partial charge in [-0.2, -0.15) is 0 Å². The number of aliphatic imine (C=N–C) groups is 1. The lowest BCUT2D eigenvalue weighted by molar-refractivity contribution is 0.176. The summed E-state index contributed by atoms with van der Waals surface area (Å²) in [5, 5.41) is 16.3. The van der Waals surface area contributed by atoms with E-state index in [0.717, 1.165) is 11.3 Å². The number of para-hydroxylation sites is 1. The van der Waals surface area contributed by atoms with Crippen LogP contribution >= 0.6 is 24.0 Å². The van der Waals surface area contributed by atoms with Crippen LogP contribution in [0.1, 0.15) is 24.2 Å². The zero-order chi connectivity index (χ0) is 18.1. The largest absolute Gasteiger partial charge is 0.496 e. The standard InChI is InChI=1S/C19H24FN3O2.HI/c1-3-21-19(22-12-14-8-4-7-11-18(14)25-2)23-13-17(24)15-9-5-6-10-16(15)20;/h4-11,17,24H,3,12-13H2,1-2H3,(H2,21,22,23);1H. The van der Waals surface area contributed by atoms with Crippen LogP contribution in [0.25, 0.3) is 0 Å². The molecule has 0 aromatic heterocycles. The highest BCUT2D eigenvalue weighted by Crippen LogP contribution is 2.18. The molecule has 26 heavy (non-hydrogen) atoms. The molecule has 2 aromatic carbocycles. The van der Waals surface area contributed by atoms with E-state index in [1.807, 2.05) is 31.2 Å². The van der Waals surface area contributed by atoms with Crippen molar-refractivity contribution in [1.82, 2.24) is 10.6 Å². The summed E-state index contributed by atoms with van der Waals surface area (Å²) in [4.78, 5) is 4.49. The lowest BCUT2D eigenvalue weighted by atomic mass is 10.1. The molecular formula is C19H25FIN3O2. The Kier molecular flexibility index (Phi) is 9.97. The molecule has 0 fully saturated rings. The van der Waals surface area contributed by atoms with Crippen molar-refractivity contribution in [3.63, 3.8) is 0 Å². The molecule has 0 bridgehead atoms. The number of aliphatic hydroxyl groups excluding tert-OH is 1. The van der Waals surface area contributed by atoms with Gasteiger partial charge >= 0.3 is 0 Å². The van der Waals surface area contributed by atoms with Crippen LogP contribution in [0, 0.1) is 5.82 Å². The highest BCUT2D eigenvalue weighted by atomic mass is 127. The monoisotopic (exact) mass is 473 g/mol. The van der Waals surface area contributed by atoms with Gasteiger partial charge in [-0.15, -0.1) is 24.0 Å². The van der Waals surface area contributed by atoms with Gasteiger partial charge in [0.05, 0.1) is 19.8 Å². The number of hydrogen-bond donors (Lipinski definition) is 3. The van der Waals surface area contributed by atoms with E-state index in [1.165, 1.54) is 6.07 Å². The second-order valence-electron chi connectivity index (χ2n) is 5.43. The number of halogens is 2. The first-order valence-corrected chi connectivity index (χ1v) is 8.22. The lowest BCUT2D eigenvalue weighted by Gasteiger charge is -2.16. The van der Waals surface area contributed by atoms with E-state index >= 15 is 0 Å². The number of guanidine groups is 1. The van der Waals surface area contributed by atoms with Crippen molar-refractivity contribution in [2.75, 3.05) is 20.2 Å². The Morgan fingerprint density at radius 3 is 2.54 bits per heavy atom. The third-order valence-electron chi connectivity index (χ3n) is 3.67. The van der Waals surface area contributed by atoms with Crippen molar-refractivity contribution in [2.24, 2.45) is 4.99 Å². The van der Waals surface area contributed by atoms with Gasteiger partial charge in [0, 0.05) is 24.2 Å². The van der Waals surface area contributed by atoms with Crippen LogP contribution in [-0.4, -0.2) is 31.3 Å². The van der Waals surface area contributed by atoms with E-state index in [9.17, 15) is 9.50 Å². The molecule has 0 aliphatic rings. The van der Waals surface area contributed by atoms with Gasteiger partial charge in [-0.25, -0.2) is 9.38 Å². The van der Waals surface area contributed by atoms with Crippen LogP contribution in [0.3, 0.4) is 0 Å². The van der Waals surface area contributed by atoms with Crippen LogP contribution in [-0.2, 0) is 6.54 Å². The van der Waals surface area contributed by atoms with Gasteiger partial charge in [0.15, 0.2) is 5.96 Å². The zero-order valence-electron chi connectivity index (χ0n) is 14.9. The number of nitrogens with one attached hydrogen (secondary N) is 2. The molecular weight excluding hydrogens is 448 g/mol. The molecule has 3 N–H and O–H groups in total. The van der Waals surface area contributed by atoms with E-state index in [1.54, 1.807) is 25.3 Å². The second-order valence-corrected chi connectivity index (χ2v) is 5.43. The number of methoxy groups -OCH3 is 1. The van der Waals surface area contributed by atoms with Crippen molar-refractivity contribution in [3.05, 3.63) is 65.5 Å². The van der Waals surface area contributed by atoms with Crippen molar-refractivity contribution in [1.29, 1.82) is 0 Å². The molecule has 0 amide bonds. The maximum Gasteiger partial charge on any atom is 0.191 e. The van der Waals surface area contributed by atoms with Gasteiger partial charge in [0.1, 0.15) is 11.6 Å². The molecule has 7 heteroatoms. The molecule has 0 aliphatic carbocycles. The Labute approximate surface area is 170 Å². The number of rotatable bonds is 7. The van der Waals surface area contributed by atoms with Crippen LogP contribution in [0.15, 0.2) is 53.5 Å². The minimum Gasteiger partial charge on any atom is -0.496 e. The molecule has 1 atom stereocenters. The van der Waals surface area contributed by atoms with Gasteiger partial charge in [-0.1, -0.05) is 36.4 Å². The SMILES string of the molecule is CCNC(=NCc1ccccc1OC)NCC(O)c1ccccc1F.I. The normalized spacial score (nSPS) is 12.1. The maximum atomic E-state index is 13.7. The molecule has 2 rings (SSSR count). The topological polar surface area (TPSA) is 65.9 Å². The Hall–Kier alpha value is -1.87. The molecule has 0 heterocycles. The molecule has 0 aliphatic heterocycles. The first-order valence-electron chi connectivity index (χ1n) is 8.22. The smallest absolute Gasteiger partial charge is 0.191 e. The minimum absolute atomic E-state index is 0. The summed E-state index contributed by atoms with van der Waals surface area (Å²) >= 11 is 0. The summed E-state index contributed by atoms with van der Waals surface area (Å²) in [7, 11) is 1.62. The predicted octanol–water partition coefficient (Wildman–Crippen LogP) is 3.24. The molecule has 0 saturated heterocycles. The average molecular weight is 473 g/mol. The first-order chi connectivity index (χ1) is 12.2. The number of benzene rings is 2. The van der Waals surface area contributed by atoms with Crippen molar-refractivity contribution in [3.8, 4) is 5.75 Å². The molecule has 0 radical (unpaired) electrons. The zero-order valence-corrected chi connectivity index (χ0v) is 17.2. The summed E-state index contributed by atoms with van der Waals surface area (Å²) in [5.74, 6) is 0.894. The van der Waals surface area contributed by atoms with E-state index in [4.69, 9.17) is 4.74 Å². The van der Waals surface area contributed by atoms with Crippen LogP contribution < -0.4 is 15.4 Å². The summed E-state index contributed by atoms with van der Waals surface area (Å²) in [5.41, 5.74) is 1.22. The Balaban J connectivity index is 0.00000338. The third-order valence-corrected chi connectivity index (χ3v) is 3.67. The minimum atomic E-state index is -0.962. The Morgan fingerprint density at radius 2 is 1.85 bits per heavy atom. The third kappa shape index (κ3) is 6.45.